The van der Waals surface area contributed by atoms with Crippen molar-refractivity contribution in [3.63, 3.8) is 0 Å². The van der Waals surface area contributed by atoms with E-state index < -0.39 is 39.0 Å². The van der Waals surface area contributed by atoms with Gasteiger partial charge in [0.1, 0.15) is 16.5 Å². The van der Waals surface area contributed by atoms with Gasteiger partial charge in [0.05, 0.1) is 6.54 Å². The number of carbonyl (C=O) groups is 1. The molecule has 1 amide bonds. The summed E-state index contributed by atoms with van der Waals surface area (Å²) in [5.41, 5.74) is 1.52. The molecule has 0 saturated heterocycles. The van der Waals surface area contributed by atoms with Crippen molar-refractivity contribution in [1.82, 2.24) is 4.31 Å². The Labute approximate surface area is 139 Å². The number of nitrogens with zero attached hydrogens (tertiary/aromatic N) is 1. The summed E-state index contributed by atoms with van der Waals surface area (Å²) in [4.78, 5) is 11.1. The van der Waals surface area contributed by atoms with E-state index in [2.05, 4.69) is 5.32 Å². The van der Waals surface area contributed by atoms with Crippen LogP contribution in [0.2, 0.25) is 0 Å². The van der Waals surface area contributed by atoms with Crippen molar-refractivity contribution in [2.45, 2.75) is 11.8 Å². The molecule has 128 valence electrons. The normalized spacial score (nSPS) is 11.5. The van der Waals surface area contributed by atoms with Gasteiger partial charge in [-0.05, 0) is 37.3 Å². The number of carbonyl (C=O) groups excluding carboxylic acids is 1. The van der Waals surface area contributed by atoms with Gasteiger partial charge in [-0.2, -0.15) is 4.31 Å². The van der Waals surface area contributed by atoms with Gasteiger partial charge in [-0.15, -0.1) is 0 Å². The van der Waals surface area contributed by atoms with E-state index in [1.54, 1.807) is 24.3 Å². The summed E-state index contributed by atoms with van der Waals surface area (Å²) in [6, 6.07) is 9.05. The number of hydrogen-bond donors (Lipinski definition) is 1. The first-order chi connectivity index (χ1) is 11.2. The van der Waals surface area contributed by atoms with Gasteiger partial charge in [0, 0.05) is 12.7 Å². The zero-order chi connectivity index (χ0) is 17.9. The Morgan fingerprint density at radius 1 is 1.12 bits per heavy atom. The molecular weight excluding hydrogens is 338 g/mol. The van der Waals surface area contributed by atoms with E-state index in [0.29, 0.717) is 16.1 Å². The van der Waals surface area contributed by atoms with Crippen molar-refractivity contribution >= 4 is 21.6 Å². The van der Waals surface area contributed by atoms with Gasteiger partial charge in [-0.3, -0.25) is 4.79 Å². The van der Waals surface area contributed by atoms with E-state index in [4.69, 9.17) is 0 Å². The number of amides is 1. The molecule has 0 heterocycles. The number of nitrogens with one attached hydrogen (secondary N) is 1. The lowest BCUT2D eigenvalue weighted by Gasteiger charge is -2.17. The maximum Gasteiger partial charge on any atom is 0.246 e. The minimum absolute atomic E-state index is 0.508. The molecule has 0 radical (unpaired) electrons. The first-order valence-corrected chi connectivity index (χ1v) is 8.42. The van der Waals surface area contributed by atoms with Crippen LogP contribution in [0, 0.1) is 18.6 Å². The van der Waals surface area contributed by atoms with Crippen LogP contribution in [0.25, 0.3) is 0 Å². The highest BCUT2D eigenvalue weighted by Gasteiger charge is 2.26. The van der Waals surface area contributed by atoms with Crippen molar-refractivity contribution in [2.75, 3.05) is 18.9 Å². The standard InChI is InChI=1S/C16H16F2N2O3S/c1-11-3-6-13(7-4-11)19-16(21)10-20(2)24(22,23)15-9-12(17)5-8-14(15)18/h3-9H,10H2,1-2H3,(H,19,21). The van der Waals surface area contributed by atoms with Gasteiger partial charge in [-0.1, -0.05) is 17.7 Å². The van der Waals surface area contributed by atoms with Gasteiger partial charge >= 0.3 is 0 Å². The summed E-state index contributed by atoms with van der Waals surface area (Å²) < 4.78 is 52.1. The van der Waals surface area contributed by atoms with Crippen LogP contribution in [-0.2, 0) is 14.8 Å². The highest BCUT2D eigenvalue weighted by molar-refractivity contribution is 7.89. The van der Waals surface area contributed by atoms with E-state index in [0.717, 1.165) is 24.7 Å². The van der Waals surface area contributed by atoms with E-state index in [9.17, 15) is 22.0 Å². The first kappa shape index (κ1) is 18.0. The number of aryl methyl sites for hydroxylation is 1. The molecule has 24 heavy (non-hydrogen) atoms. The van der Waals surface area contributed by atoms with Crippen LogP contribution in [-0.4, -0.2) is 32.2 Å². The minimum Gasteiger partial charge on any atom is -0.325 e. The number of halogens is 2. The molecule has 0 saturated carbocycles. The predicted octanol–water partition coefficient (Wildman–Crippen LogP) is 2.53. The van der Waals surface area contributed by atoms with Crippen LogP contribution in [0.15, 0.2) is 47.4 Å². The number of hydrogen-bond acceptors (Lipinski definition) is 3. The molecule has 0 aliphatic carbocycles. The molecule has 2 aromatic carbocycles. The van der Waals surface area contributed by atoms with E-state index in [1.165, 1.54) is 0 Å². The molecule has 0 spiro atoms. The summed E-state index contributed by atoms with van der Waals surface area (Å²) in [6.45, 7) is 1.35. The Kier molecular flexibility index (Phi) is 5.30. The summed E-state index contributed by atoms with van der Waals surface area (Å²) in [7, 11) is -3.21. The maximum atomic E-state index is 13.7. The molecule has 0 unspecified atom stereocenters. The number of likely N-dealkylation sites (N-methyl/N-ethyl adjacent to an activating group) is 1. The predicted molar refractivity (Wildman–Crippen MR) is 86.0 cm³/mol. The number of benzene rings is 2. The highest BCUT2D eigenvalue weighted by atomic mass is 32.2. The lowest BCUT2D eigenvalue weighted by Crippen LogP contribution is -2.35. The van der Waals surface area contributed by atoms with Crippen LogP contribution in [0.1, 0.15) is 5.56 Å². The average Bonchev–Trinajstić information content (AvgIpc) is 2.51. The smallest absolute Gasteiger partial charge is 0.246 e. The fourth-order valence-corrected chi connectivity index (χ4v) is 3.17. The topological polar surface area (TPSA) is 66.5 Å². The molecule has 8 heteroatoms. The third-order valence-electron chi connectivity index (χ3n) is 3.28. The van der Waals surface area contributed by atoms with Crippen LogP contribution >= 0.6 is 0 Å². The van der Waals surface area contributed by atoms with Gasteiger partial charge < -0.3 is 5.32 Å². The van der Waals surface area contributed by atoms with Crippen molar-refractivity contribution in [1.29, 1.82) is 0 Å². The van der Waals surface area contributed by atoms with Crippen LogP contribution in [0.4, 0.5) is 14.5 Å². The Morgan fingerprint density at radius 3 is 2.38 bits per heavy atom. The Bertz CT molecular complexity index is 852. The SMILES string of the molecule is Cc1ccc(NC(=O)CN(C)S(=O)(=O)c2cc(F)ccc2F)cc1. The Morgan fingerprint density at radius 2 is 1.75 bits per heavy atom. The third kappa shape index (κ3) is 4.15. The van der Waals surface area contributed by atoms with Gasteiger partial charge in [0.25, 0.3) is 0 Å². The molecular formula is C16H16F2N2O3S. The second-order valence-corrected chi connectivity index (χ2v) is 7.26. The fourth-order valence-electron chi connectivity index (χ4n) is 1.97. The van der Waals surface area contributed by atoms with Crippen LogP contribution < -0.4 is 5.32 Å². The zero-order valence-electron chi connectivity index (χ0n) is 13.1. The van der Waals surface area contributed by atoms with Gasteiger partial charge in [0.15, 0.2) is 0 Å². The van der Waals surface area contributed by atoms with E-state index >= 15 is 0 Å². The molecule has 0 atom stereocenters. The molecule has 0 bridgehead atoms. The number of sulfonamides is 1. The van der Waals surface area contributed by atoms with Crippen LogP contribution in [0.3, 0.4) is 0 Å². The lowest BCUT2D eigenvalue weighted by molar-refractivity contribution is -0.116. The van der Waals surface area contributed by atoms with Crippen LogP contribution in [0.5, 0.6) is 0 Å². The molecule has 0 aliphatic heterocycles. The second kappa shape index (κ2) is 7.06. The zero-order valence-corrected chi connectivity index (χ0v) is 13.9. The van der Waals surface area contributed by atoms with Crippen molar-refractivity contribution in [2.24, 2.45) is 0 Å². The molecule has 1 N–H and O–H groups in total. The van der Waals surface area contributed by atoms with Crippen molar-refractivity contribution in [3.8, 4) is 0 Å². The van der Waals surface area contributed by atoms with Crippen molar-refractivity contribution < 1.29 is 22.0 Å². The first-order valence-electron chi connectivity index (χ1n) is 6.98. The largest absolute Gasteiger partial charge is 0.325 e. The molecule has 2 aromatic rings. The molecule has 0 fully saturated rings. The Hall–Kier alpha value is -2.32. The molecule has 5 nitrogen and oxygen atoms in total. The summed E-state index contributed by atoms with van der Waals surface area (Å²) in [5, 5.41) is 2.54. The Balaban J connectivity index is 2.12. The highest BCUT2D eigenvalue weighted by Crippen LogP contribution is 2.19. The summed E-state index contributed by atoms with van der Waals surface area (Å²) in [6.07, 6.45) is 0. The lowest BCUT2D eigenvalue weighted by atomic mass is 10.2. The van der Waals surface area contributed by atoms with Gasteiger partial charge in [-0.25, -0.2) is 17.2 Å². The third-order valence-corrected chi connectivity index (χ3v) is 5.10. The molecule has 2 rings (SSSR count). The quantitative estimate of drug-likeness (QED) is 0.897. The van der Waals surface area contributed by atoms with Crippen molar-refractivity contribution in [3.05, 3.63) is 59.7 Å². The fraction of sp³-hybridized carbons (Fsp3) is 0.188. The maximum absolute atomic E-state index is 13.7. The summed E-state index contributed by atoms with van der Waals surface area (Å²) in [5.74, 6) is -2.56. The second-order valence-electron chi connectivity index (χ2n) is 5.25. The van der Waals surface area contributed by atoms with E-state index in [1.807, 2.05) is 6.92 Å². The van der Waals surface area contributed by atoms with Gasteiger partial charge in [0.2, 0.25) is 15.9 Å². The average molecular weight is 354 g/mol. The number of rotatable bonds is 5. The molecule has 0 aliphatic rings. The van der Waals surface area contributed by atoms with E-state index in [-0.39, 0.29) is 0 Å². The number of anilines is 1. The minimum atomic E-state index is -4.33. The monoisotopic (exact) mass is 354 g/mol. The molecule has 0 aromatic heterocycles. The summed E-state index contributed by atoms with van der Waals surface area (Å²) >= 11 is 0.